The predicted molar refractivity (Wildman–Crippen MR) is 70.8 cm³/mol. The number of benzene rings is 1. The summed E-state index contributed by atoms with van der Waals surface area (Å²) >= 11 is 3.39. The van der Waals surface area contributed by atoms with Crippen molar-refractivity contribution in [2.45, 2.75) is 12.8 Å². The van der Waals surface area contributed by atoms with Crippen molar-refractivity contribution < 1.29 is 4.79 Å². The summed E-state index contributed by atoms with van der Waals surface area (Å²) in [6.07, 6.45) is 3.76. The molecule has 1 aromatic heterocycles. The number of hydrogen-bond acceptors (Lipinski definition) is 2. The monoisotopic (exact) mass is 290 g/mol. The normalized spacial score (nSPS) is 14.9. The minimum Gasteiger partial charge on any atom is -0.324 e. The van der Waals surface area contributed by atoms with E-state index >= 15 is 0 Å². The van der Waals surface area contributed by atoms with Crippen LogP contribution in [0.1, 0.15) is 12.8 Å². The van der Waals surface area contributed by atoms with Gasteiger partial charge < -0.3 is 5.32 Å². The molecule has 4 heteroatoms. The molecule has 0 spiro atoms. The van der Waals surface area contributed by atoms with Gasteiger partial charge in [-0.2, -0.15) is 0 Å². The quantitative estimate of drug-likeness (QED) is 0.922. The Balaban J connectivity index is 2.00. The number of amides is 1. The Kier molecular flexibility index (Phi) is 2.59. The summed E-state index contributed by atoms with van der Waals surface area (Å²) in [5.74, 6) is 0.322. The first kappa shape index (κ1) is 10.7. The third-order valence-corrected chi connectivity index (χ3v) is 3.32. The second kappa shape index (κ2) is 4.11. The molecule has 86 valence electrons. The van der Waals surface area contributed by atoms with Crippen LogP contribution in [-0.2, 0) is 4.79 Å². The first-order valence-electron chi connectivity index (χ1n) is 5.59. The van der Waals surface area contributed by atoms with Crippen molar-refractivity contribution in [2.75, 3.05) is 5.32 Å². The molecule has 1 amide bonds. The number of halogens is 1. The number of carbonyl (C=O) groups is 1. The maximum absolute atomic E-state index is 11.7. The molecule has 17 heavy (non-hydrogen) atoms. The van der Waals surface area contributed by atoms with Crippen molar-refractivity contribution in [2.24, 2.45) is 5.92 Å². The van der Waals surface area contributed by atoms with Crippen LogP contribution in [0.4, 0.5) is 5.69 Å². The number of anilines is 1. The number of para-hydroxylation sites is 1. The van der Waals surface area contributed by atoms with E-state index in [1.165, 1.54) is 0 Å². The van der Waals surface area contributed by atoms with Gasteiger partial charge in [-0.05, 0) is 40.9 Å². The van der Waals surface area contributed by atoms with Crippen molar-refractivity contribution in [3.63, 3.8) is 0 Å². The van der Waals surface area contributed by atoms with Crippen LogP contribution in [0.2, 0.25) is 0 Å². The minimum absolute atomic E-state index is 0.113. The van der Waals surface area contributed by atoms with Crippen molar-refractivity contribution in [3.05, 3.63) is 34.9 Å². The first-order chi connectivity index (χ1) is 8.24. The lowest BCUT2D eigenvalue weighted by Gasteiger charge is -2.07. The van der Waals surface area contributed by atoms with E-state index in [1.807, 2.05) is 24.3 Å². The molecule has 1 heterocycles. The van der Waals surface area contributed by atoms with Gasteiger partial charge in [0.15, 0.2) is 0 Å². The lowest BCUT2D eigenvalue weighted by molar-refractivity contribution is -0.117. The highest BCUT2D eigenvalue weighted by Crippen LogP contribution is 2.31. The SMILES string of the molecule is O=C(Nc1cccc2cc(Br)cnc12)C1CC1. The summed E-state index contributed by atoms with van der Waals surface area (Å²) in [5, 5.41) is 3.97. The summed E-state index contributed by atoms with van der Waals surface area (Å²) in [6.45, 7) is 0. The zero-order valence-electron chi connectivity index (χ0n) is 9.11. The molecule has 2 aromatic rings. The highest BCUT2D eigenvalue weighted by Gasteiger charge is 2.29. The fourth-order valence-electron chi connectivity index (χ4n) is 1.82. The molecule has 3 rings (SSSR count). The molecule has 1 N–H and O–H groups in total. The lowest BCUT2D eigenvalue weighted by Crippen LogP contribution is -2.13. The molecule has 1 saturated carbocycles. The van der Waals surface area contributed by atoms with Gasteiger partial charge in [-0.3, -0.25) is 9.78 Å². The highest BCUT2D eigenvalue weighted by molar-refractivity contribution is 9.10. The van der Waals surface area contributed by atoms with Crippen molar-refractivity contribution in [1.82, 2.24) is 4.98 Å². The number of nitrogens with one attached hydrogen (secondary N) is 1. The lowest BCUT2D eigenvalue weighted by atomic mass is 10.2. The standard InChI is InChI=1S/C13H11BrN2O/c14-10-6-9-2-1-3-11(12(9)15-7-10)16-13(17)8-4-5-8/h1-3,6-8H,4-5H2,(H,16,17). The van der Waals surface area contributed by atoms with Gasteiger partial charge >= 0.3 is 0 Å². The van der Waals surface area contributed by atoms with Gasteiger partial charge in [0, 0.05) is 22.0 Å². The van der Waals surface area contributed by atoms with Crippen LogP contribution in [0.15, 0.2) is 34.9 Å². The fraction of sp³-hybridized carbons (Fsp3) is 0.231. The maximum atomic E-state index is 11.7. The van der Waals surface area contributed by atoms with Crippen LogP contribution in [0.5, 0.6) is 0 Å². The van der Waals surface area contributed by atoms with E-state index in [0.717, 1.165) is 33.9 Å². The van der Waals surface area contributed by atoms with Gasteiger partial charge in [-0.25, -0.2) is 0 Å². The third-order valence-electron chi connectivity index (χ3n) is 2.88. The van der Waals surface area contributed by atoms with E-state index in [0.29, 0.717) is 0 Å². The Morgan fingerprint density at radius 1 is 1.41 bits per heavy atom. The number of nitrogens with zero attached hydrogens (tertiary/aromatic N) is 1. The topological polar surface area (TPSA) is 42.0 Å². The summed E-state index contributed by atoms with van der Waals surface area (Å²) < 4.78 is 0.940. The predicted octanol–water partition coefficient (Wildman–Crippen LogP) is 3.35. The molecular weight excluding hydrogens is 280 g/mol. The number of pyridine rings is 1. The molecule has 1 aliphatic rings. The largest absolute Gasteiger partial charge is 0.324 e. The molecular formula is C13H11BrN2O. The van der Waals surface area contributed by atoms with E-state index in [4.69, 9.17) is 0 Å². The molecule has 0 radical (unpaired) electrons. The molecule has 0 bridgehead atoms. The van der Waals surface area contributed by atoms with Gasteiger partial charge in [0.05, 0.1) is 11.2 Å². The maximum Gasteiger partial charge on any atom is 0.227 e. The average Bonchev–Trinajstić information content (AvgIpc) is 3.12. The second-order valence-electron chi connectivity index (χ2n) is 4.29. The number of rotatable bonds is 2. The molecule has 1 fully saturated rings. The Hall–Kier alpha value is -1.42. The number of aromatic nitrogens is 1. The molecule has 1 aliphatic carbocycles. The van der Waals surface area contributed by atoms with E-state index < -0.39 is 0 Å². The van der Waals surface area contributed by atoms with Gasteiger partial charge in [-0.15, -0.1) is 0 Å². The molecule has 0 aliphatic heterocycles. The number of hydrogen-bond donors (Lipinski definition) is 1. The van der Waals surface area contributed by atoms with Crippen LogP contribution in [-0.4, -0.2) is 10.9 Å². The van der Waals surface area contributed by atoms with Crippen molar-refractivity contribution in [3.8, 4) is 0 Å². The van der Waals surface area contributed by atoms with E-state index in [9.17, 15) is 4.79 Å². The summed E-state index contributed by atoms with van der Waals surface area (Å²) in [5.41, 5.74) is 1.64. The molecule has 3 nitrogen and oxygen atoms in total. The van der Waals surface area contributed by atoms with Gasteiger partial charge in [0.1, 0.15) is 0 Å². The van der Waals surface area contributed by atoms with Crippen LogP contribution in [0, 0.1) is 5.92 Å². The zero-order valence-corrected chi connectivity index (χ0v) is 10.7. The van der Waals surface area contributed by atoms with Crippen molar-refractivity contribution in [1.29, 1.82) is 0 Å². The summed E-state index contributed by atoms with van der Waals surface area (Å²) in [7, 11) is 0. The van der Waals surface area contributed by atoms with E-state index in [2.05, 4.69) is 26.2 Å². The van der Waals surface area contributed by atoms with Gasteiger partial charge in [0.2, 0.25) is 5.91 Å². The molecule has 0 saturated heterocycles. The van der Waals surface area contributed by atoms with E-state index in [-0.39, 0.29) is 11.8 Å². The average molecular weight is 291 g/mol. The number of fused-ring (bicyclic) bond motifs is 1. The number of carbonyl (C=O) groups excluding carboxylic acids is 1. The van der Waals surface area contributed by atoms with Crippen LogP contribution < -0.4 is 5.32 Å². The van der Waals surface area contributed by atoms with Crippen molar-refractivity contribution >= 4 is 38.4 Å². The Bertz CT molecular complexity index is 593. The van der Waals surface area contributed by atoms with Crippen LogP contribution >= 0.6 is 15.9 Å². The van der Waals surface area contributed by atoms with E-state index in [1.54, 1.807) is 6.20 Å². The van der Waals surface area contributed by atoms with Crippen LogP contribution in [0.25, 0.3) is 10.9 Å². The smallest absolute Gasteiger partial charge is 0.227 e. The Morgan fingerprint density at radius 2 is 2.24 bits per heavy atom. The summed E-state index contributed by atoms with van der Waals surface area (Å²) in [6, 6.07) is 7.80. The zero-order chi connectivity index (χ0) is 11.8. The first-order valence-corrected chi connectivity index (χ1v) is 6.38. The third kappa shape index (κ3) is 2.17. The Morgan fingerprint density at radius 3 is 3.00 bits per heavy atom. The fourth-order valence-corrected chi connectivity index (χ4v) is 2.16. The molecule has 1 aromatic carbocycles. The summed E-state index contributed by atoms with van der Waals surface area (Å²) in [4.78, 5) is 16.1. The van der Waals surface area contributed by atoms with Gasteiger partial charge in [0.25, 0.3) is 0 Å². The van der Waals surface area contributed by atoms with Crippen LogP contribution in [0.3, 0.4) is 0 Å². The second-order valence-corrected chi connectivity index (χ2v) is 5.21. The highest BCUT2D eigenvalue weighted by atomic mass is 79.9. The Labute approximate surface area is 107 Å². The minimum atomic E-state index is 0.113. The van der Waals surface area contributed by atoms with Gasteiger partial charge in [-0.1, -0.05) is 12.1 Å². The molecule has 0 unspecified atom stereocenters. The molecule has 0 atom stereocenters.